The molecule has 6 nitrogen and oxygen atoms in total. The van der Waals surface area contributed by atoms with Gasteiger partial charge in [-0.15, -0.1) is 0 Å². The van der Waals surface area contributed by atoms with Crippen LogP contribution in [0.25, 0.3) is 22.3 Å². The van der Waals surface area contributed by atoms with Gasteiger partial charge in [0.25, 0.3) is 0 Å². The molecule has 37 heavy (non-hydrogen) atoms. The third kappa shape index (κ3) is 8.11. The molecule has 0 unspecified atom stereocenters. The number of benzene rings is 4. The number of nitrogens with zero attached hydrogens (tertiary/aromatic N) is 2. The van der Waals surface area contributed by atoms with Gasteiger partial charge < -0.3 is 0 Å². The van der Waals surface area contributed by atoms with Crippen molar-refractivity contribution in [1.29, 1.82) is 0 Å². The summed E-state index contributed by atoms with van der Waals surface area (Å²) in [5.41, 5.74) is 11.3. The third-order valence-corrected chi connectivity index (χ3v) is 5.65. The Kier molecular flexibility index (Phi) is 9.08. The number of hydrazone groups is 2. The SMILES string of the molecule is O=C(CCCC(=O)N/N=C/c1ccc(-c2ccccc2)cc1)NN=Cc1ccc(-c2ccccc2)cc1. The first-order chi connectivity index (χ1) is 18.2. The van der Waals surface area contributed by atoms with Gasteiger partial charge >= 0.3 is 0 Å². The smallest absolute Gasteiger partial charge is 0.240 e. The van der Waals surface area contributed by atoms with E-state index in [1.165, 1.54) is 0 Å². The Labute approximate surface area is 216 Å². The van der Waals surface area contributed by atoms with Gasteiger partial charge in [-0.05, 0) is 39.8 Å². The molecule has 0 spiro atoms. The van der Waals surface area contributed by atoms with Gasteiger partial charge in [0.05, 0.1) is 12.4 Å². The van der Waals surface area contributed by atoms with E-state index in [1.54, 1.807) is 12.4 Å². The Bertz CT molecular complexity index is 1240. The largest absolute Gasteiger partial charge is 0.273 e. The molecule has 0 radical (unpaired) electrons. The van der Waals surface area contributed by atoms with Crippen molar-refractivity contribution < 1.29 is 9.59 Å². The second-order valence-electron chi connectivity index (χ2n) is 8.42. The Hall–Kier alpha value is -4.84. The molecule has 0 heterocycles. The van der Waals surface area contributed by atoms with Crippen LogP contribution < -0.4 is 10.9 Å². The minimum absolute atomic E-state index is 0.197. The van der Waals surface area contributed by atoms with Gasteiger partial charge in [-0.2, -0.15) is 10.2 Å². The van der Waals surface area contributed by atoms with E-state index in [0.717, 1.165) is 33.4 Å². The van der Waals surface area contributed by atoms with Crippen LogP contribution in [0.4, 0.5) is 0 Å². The van der Waals surface area contributed by atoms with Crippen LogP contribution in [0.1, 0.15) is 30.4 Å². The number of hydrogen-bond acceptors (Lipinski definition) is 4. The molecule has 4 aromatic rings. The van der Waals surface area contributed by atoms with Crippen molar-refractivity contribution in [2.24, 2.45) is 10.2 Å². The molecule has 2 N–H and O–H groups in total. The fourth-order valence-corrected chi connectivity index (χ4v) is 3.66. The van der Waals surface area contributed by atoms with Gasteiger partial charge in [0.1, 0.15) is 0 Å². The molecule has 0 aliphatic rings. The van der Waals surface area contributed by atoms with E-state index in [9.17, 15) is 9.59 Å². The van der Waals surface area contributed by atoms with E-state index in [1.807, 2.05) is 84.9 Å². The van der Waals surface area contributed by atoms with Crippen LogP contribution in [0.15, 0.2) is 119 Å². The molecule has 0 saturated carbocycles. The first kappa shape index (κ1) is 25.3. The second-order valence-corrected chi connectivity index (χ2v) is 8.42. The molecule has 0 bridgehead atoms. The Balaban J connectivity index is 1.13. The van der Waals surface area contributed by atoms with Crippen molar-refractivity contribution in [3.63, 3.8) is 0 Å². The second kappa shape index (κ2) is 13.3. The van der Waals surface area contributed by atoms with E-state index in [2.05, 4.69) is 45.3 Å². The lowest BCUT2D eigenvalue weighted by atomic mass is 10.0. The predicted molar refractivity (Wildman–Crippen MR) is 149 cm³/mol. The number of rotatable bonds is 10. The van der Waals surface area contributed by atoms with E-state index in [-0.39, 0.29) is 24.7 Å². The number of amides is 2. The minimum Gasteiger partial charge on any atom is -0.273 e. The summed E-state index contributed by atoms with van der Waals surface area (Å²) >= 11 is 0. The highest BCUT2D eigenvalue weighted by Crippen LogP contribution is 2.19. The molecule has 0 saturated heterocycles. The zero-order valence-corrected chi connectivity index (χ0v) is 20.4. The van der Waals surface area contributed by atoms with Crippen molar-refractivity contribution in [3.8, 4) is 22.3 Å². The first-order valence-corrected chi connectivity index (χ1v) is 12.1. The summed E-state index contributed by atoms with van der Waals surface area (Å²) in [6.45, 7) is 0. The third-order valence-electron chi connectivity index (χ3n) is 5.65. The van der Waals surface area contributed by atoms with Gasteiger partial charge in [0.2, 0.25) is 11.8 Å². The number of carbonyl (C=O) groups is 2. The summed E-state index contributed by atoms with van der Waals surface area (Å²) in [6.07, 6.45) is 3.99. The van der Waals surface area contributed by atoms with Crippen molar-refractivity contribution in [1.82, 2.24) is 10.9 Å². The van der Waals surface area contributed by atoms with Crippen molar-refractivity contribution in [3.05, 3.63) is 120 Å². The van der Waals surface area contributed by atoms with Gasteiger partial charge in [-0.3, -0.25) is 9.59 Å². The highest BCUT2D eigenvalue weighted by Gasteiger charge is 2.04. The Morgan fingerprint density at radius 3 is 1.24 bits per heavy atom. The summed E-state index contributed by atoms with van der Waals surface area (Å²) in [6, 6.07) is 36.0. The van der Waals surface area contributed by atoms with Crippen molar-refractivity contribution >= 4 is 24.2 Å². The maximum Gasteiger partial charge on any atom is 0.240 e. The molecule has 6 heteroatoms. The molecule has 0 fully saturated rings. The lowest BCUT2D eigenvalue weighted by molar-refractivity contribution is -0.122. The average Bonchev–Trinajstić information content (AvgIpc) is 2.95. The standard InChI is InChI=1S/C31H28N4O2/c36-30(34-32-22-24-14-18-28(19-15-24)26-8-3-1-4-9-26)12-7-13-31(37)35-33-23-25-16-20-29(21-17-25)27-10-5-2-6-11-27/h1-6,8-11,14-23H,7,12-13H2,(H,34,36)(H,35,37)/b32-22+,33-23?. The van der Waals surface area contributed by atoms with Crippen LogP contribution in [0.5, 0.6) is 0 Å². The van der Waals surface area contributed by atoms with Gasteiger partial charge in [-0.25, -0.2) is 10.9 Å². The van der Waals surface area contributed by atoms with Crippen LogP contribution in [0.3, 0.4) is 0 Å². The molecule has 2 amide bonds. The van der Waals surface area contributed by atoms with Crippen LogP contribution in [0, 0.1) is 0 Å². The van der Waals surface area contributed by atoms with Gasteiger partial charge in [-0.1, -0.05) is 109 Å². The summed E-state index contributed by atoms with van der Waals surface area (Å²) in [5, 5.41) is 8.00. The topological polar surface area (TPSA) is 82.9 Å². The highest BCUT2D eigenvalue weighted by atomic mass is 16.2. The van der Waals surface area contributed by atoms with Crippen molar-refractivity contribution in [2.75, 3.05) is 0 Å². The summed E-state index contributed by atoms with van der Waals surface area (Å²) in [7, 11) is 0. The zero-order valence-electron chi connectivity index (χ0n) is 20.4. The summed E-state index contributed by atoms with van der Waals surface area (Å²) in [4.78, 5) is 24.0. The number of hydrogen-bond donors (Lipinski definition) is 2. The predicted octanol–water partition coefficient (Wildman–Crippen LogP) is 5.79. The monoisotopic (exact) mass is 488 g/mol. The van der Waals surface area contributed by atoms with E-state index in [4.69, 9.17) is 0 Å². The first-order valence-electron chi connectivity index (χ1n) is 12.1. The fraction of sp³-hybridized carbons (Fsp3) is 0.0968. The average molecular weight is 489 g/mol. The molecule has 184 valence electrons. The van der Waals surface area contributed by atoms with Crippen LogP contribution in [0.2, 0.25) is 0 Å². The summed E-state index contributed by atoms with van der Waals surface area (Å²) < 4.78 is 0. The molecule has 4 aromatic carbocycles. The maximum absolute atomic E-state index is 12.0. The van der Waals surface area contributed by atoms with E-state index in [0.29, 0.717) is 6.42 Å². The number of nitrogens with one attached hydrogen (secondary N) is 2. The lowest BCUT2D eigenvalue weighted by Gasteiger charge is -2.03. The van der Waals surface area contributed by atoms with Crippen LogP contribution >= 0.6 is 0 Å². The van der Waals surface area contributed by atoms with Crippen molar-refractivity contribution in [2.45, 2.75) is 19.3 Å². The fourth-order valence-electron chi connectivity index (χ4n) is 3.66. The number of carbonyl (C=O) groups excluding carboxylic acids is 2. The van der Waals surface area contributed by atoms with E-state index >= 15 is 0 Å². The Morgan fingerprint density at radius 2 is 0.865 bits per heavy atom. The summed E-state index contributed by atoms with van der Waals surface area (Å²) in [5.74, 6) is -0.487. The molecule has 4 rings (SSSR count). The molecular formula is C31H28N4O2. The quantitative estimate of drug-likeness (QED) is 0.219. The molecule has 0 aliphatic carbocycles. The van der Waals surface area contributed by atoms with Gasteiger partial charge in [0.15, 0.2) is 0 Å². The normalized spacial score (nSPS) is 11.0. The van der Waals surface area contributed by atoms with E-state index < -0.39 is 0 Å². The van der Waals surface area contributed by atoms with Gasteiger partial charge in [0, 0.05) is 12.8 Å². The molecule has 0 atom stereocenters. The maximum atomic E-state index is 12.0. The van der Waals surface area contributed by atoms with Crippen LogP contribution in [-0.4, -0.2) is 24.2 Å². The molecule has 0 aromatic heterocycles. The highest BCUT2D eigenvalue weighted by molar-refractivity contribution is 5.85. The lowest BCUT2D eigenvalue weighted by Crippen LogP contribution is -2.20. The zero-order chi connectivity index (χ0) is 25.7. The van der Waals surface area contributed by atoms with Crippen LogP contribution in [-0.2, 0) is 9.59 Å². The minimum atomic E-state index is -0.244. The Morgan fingerprint density at radius 1 is 0.514 bits per heavy atom. The molecular weight excluding hydrogens is 460 g/mol. The molecule has 0 aliphatic heterocycles.